The van der Waals surface area contributed by atoms with Crippen molar-refractivity contribution >= 4 is 40.0 Å². The van der Waals surface area contributed by atoms with Crippen molar-refractivity contribution in [3.05, 3.63) is 53.8 Å². The molecule has 0 radical (unpaired) electrons. The van der Waals surface area contributed by atoms with Crippen LogP contribution in [-0.4, -0.2) is 39.2 Å². The number of thioether (sulfide) groups is 1. The smallest absolute Gasteiger partial charge is 0.229 e. The molecule has 0 atom stereocenters. The first kappa shape index (κ1) is 18.8. The summed E-state index contributed by atoms with van der Waals surface area (Å²) in [4.78, 5) is 23.7. The molecule has 2 aromatic heterocycles. The second-order valence-corrected chi connectivity index (χ2v) is 8.31. The summed E-state index contributed by atoms with van der Waals surface area (Å²) in [5, 5.41) is 11.9. The molecule has 144 valence electrons. The van der Waals surface area contributed by atoms with E-state index in [9.17, 15) is 4.79 Å². The standard InChI is InChI=1S/C19H20N6OS2/c26-18(23-19-24-21-13-28-19)15-6-8-25(9-7-15)16-10-20-11-17(22-16)27-12-14-4-2-1-3-5-14/h1-5,10-11,13,15H,6-9,12H2,(H,23,24,26). The van der Waals surface area contributed by atoms with Crippen LogP contribution in [0.2, 0.25) is 0 Å². The molecule has 1 fully saturated rings. The highest BCUT2D eigenvalue weighted by Gasteiger charge is 2.26. The number of carbonyl (C=O) groups is 1. The van der Waals surface area contributed by atoms with Gasteiger partial charge in [0.15, 0.2) is 0 Å². The Kier molecular flexibility index (Phi) is 6.13. The van der Waals surface area contributed by atoms with Gasteiger partial charge < -0.3 is 10.2 Å². The lowest BCUT2D eigenvalue weighted by Gasteiger charge is -2.31. The molecule has 1 N–H and O–H groups in total. The number of nitrogens with zero attached hydrogens (tertiary/aromatic N) is 5. The van der Waals surface area contributed by atoms with E-state index in [-0.39, 0.29) is 11.8 Å². The molecule has 0 spiro atoms. The van der Waals surface area contributed by atoms with Crippen molar-refractivity contribution in [2.75, 3.05) is 23.3 Å². The summed E-state index contributed by atoms with van der Waals surface area (Å²) >= 11 is 3.02. The molecule has 1 saturated heterocycles. The number of piperidine rings is 1. The number of aromatic nitrogens is 4. The first-order valence-corrected chi connectivity index (χ1v) is 11.0. The number of hydrogen-bond donors (Lipinski definition) is 1. The number of amides is 1. The fourth-order valence-electron chi connectivity index (χ4n) is 3.10. The van der Waals surface area contributed by atoms with Gasteiger partial charge in [-0.25, -0.2) is 4.98 Å². The molecule has 7 nitrogen and oxygen atoms in total. The summed E-state index contributed by atoms with van der Waals surface area (Å²) in [6.07, 6.45) is 5.18. The number of rotatable bonds is 6. The van der Waals surface area contributed by atoms with Crippen LogP contribution in [0.25, 0.3) is 0 Å². The summed E-state index contributed by atoms with van der Waals surface area (Å²) in [7, 11) is 0. The zero-order valence-corrected chi connectivity index (χ0v) is 16.8. The van der Waals surface area contributed by atoms with Gasteiger partial charge in [0.1, 0.15) is 16.4 Å². The van der Waals surface area contributed by atoms with Gasteiger partial charge in [0.25, 0.3) is 0 Å². The van der Waals surface area contributed by atoms with Gasteiger partial charge in [-0.15, -0.1) is 22.0 Å². The fourth-order valence-corrected chi connectivity index (χ4v) is 4.35. The maximum atomic E-state index is 12.4. The highest BCUT2D eigenvalue weighted by atomic mass is 32.2. The molecular formula is C19H20N6OS2. The Morgan fingerprint density at radius 1 is 1.21 bits per heavy atom. The number of nitrogens with one attached hydrogen (secondary N) is 1. The van der Waals surface area contributed by atoms with Gasteiger partial charge in [0.2, 0.25) is 11.0 Å². The van der Waals surface area contributed by atoms with E-state index in [0.717, 1.165) is 42.5 Å². The largest absolute Gasteiger partial charge is 0.355 e. The van der Waals surface area contributed by atoms with Gasteiger partial charge in [0.05, 0.1) is 12.4 Å². The molecule has 1 aliphatic rings. The van der Waals surface area contributed by atoms with Gasteiger partial charge >= 0.3 is 0 Å². The Morgan fingerprint density at radius 3 is 2.79 bits per heavy atom. The van der Waals surface area contributed by atoms with Crippen LogP contribution in [0.1, 0.15) is 18.4 Å². The van der Waals surface area contributed by atoms with E-state index >= 15 is 0 Å². The van der Waals surface area contributed by atoms with Crippen LogP contribution in [0, 0.1) is 5.92 Å². The van der Waals surface area contributed by atoms with Gasteiger partial charge in [-0.05, 0) is 18.4 Å². The van der Waals surface area contributed by atoms with E-state index in [1.54, 1.807) is 29.7 Å². The lowest BCUT2D eigenvalue weighted by atomic mass is 9.96. The Balaban J connectivity index is 1.31. The Bertz CT molecular complexity index is 898. The number of carbonyl (C=O) groups excluding carboxylic acids is 1. The van der Waals surface area contributed by atoms with E-state index in [4.69, 9.17) is 4.98 Å². The number of hydrogen-bond acceptors (Lipinski definition) is 8. The zero-order chi connectivity index (χ0) is 19.2. The topological polar surface area (TPSA) is 83.9 Å². The highest BCUT2D eigenvalue weighted by molar-refractivity contribution is 7.98. The van der Waals surface area contributed by atoms with E-state index in [1.165, 1.54) is 16.9 Å². The maximum absolute atomic E-state index is 12.4. The average molecular weight is 413 g/mol. The molecular weight excluding hydrogens is 392 g/mol. The molecule has 1 amide bonds. The molecule has 0 saturated carbocycles. The summed E-state index contributed by atoms with van der Waals surface area (Å²) in [5.41, 5.74) is 2.88. The predicted octanol–water partition coefficient (Wildman–Crippen LogP) is 3.48. The normalized spacial score (nSPS) is 14.8. The third-order valence-electron chi connectivity index (χ3n) is 4.61. The number of anilines is 2. The Hall–Kier alpha value is -2.52. The minimum Gasteiger partial charge on any atom is -0.355 e. The molecule has 9 heteroatoms. The summed E-state index contributed by atoms with van der Waals surface area (Å²) in [6.45, 7) is 1.57. The molecule has 28 heavy (non-hydrogen) atoms. The Morgan fingerprint density at radius 2 is 2.04 bits per heavy atom. The molecule has 0 bridgehead atoms. The SMILES string of the molecule is O=C(Nc1nncs1)C1CCN(c2cncc(SCc3ccccc3)n2)CC1. The van der Waals surface area contributed by atoms with E-state index in [1.807, 2.05) is 18.2 Å². The molecule has 0 aliphatic carbocycles. The third kappa shape index (κ3) is 4.85. The van der Waals surface area contributed by atoms with Gasteiger partial charge in [0, 0.05) is 24.8 Å². The fraction of sp³-hybridized carbons (Fsp3) is 0.316. The monoisotopic (exact) mass is 412 g/mol. The van der Waals surface area contributed by atoms with E-state index in [0.29, 0.717) is 5.13 Å². The molecule has 3 heterocycles. The van der Waals surface area contributed by atoms with Crippen LogP contribution in [0.5, 0.6) is 0 Å². The Labute approximate surface area is 171 Å². The van der Waals surface area contributed by atoms with E-state index in [2.05, 4.69) is 37.5 Å². The average Bonchev–Trinajstić information content (AvgIpc) is 3.26. The van der Waals surface area contributed by atoms with Crippen LogP contribution < -0.4 is 10.2 Å². The highest BCUT2D eigenvalue weighted by Crippen LogP contribution is 2.26. The third-order valence-corrected chi connectivity index (χ3v) is 6.19. The summed E-state index contributed by atoms with van der Waals surface area (Å²) in [6, 6.07) is 10.3. The first-order chi connectivity index (χ1) is 13.8. The minimum absolute atomic E-state index is 0.0104. The first-order valence-electron chi connectivity index (χ1n) is 9.08. The van der Waals surface area contributed by atoms with Crippen molar-refractivity contribution in [1.29, 1.82) is 0 Å². The van der Waals surface area contributed by atoms with Crippen LogP contribution >= 0.6 is 23.1 Å². The molecule has 1 aliphatic heterocycles. The van der Waals surface area contributed by atoms with Crippen molar-refractivity contribution in [3.8, 4) is 0 Å². The van der Waals surface area contributed by atoms with Crippen LogP contribution in [0.3, 0.4) is 0 Å². The van der Waals surface area contributed by atoms with Crippen molar-refractivity contribution in [1.82, 2.24) is 20.2 Å². The molecule has 4 rings (SSSR count). The lowest BCUT2D eigenvalue weighted by Crippen LogP contribution is -2.38. The van der Waals surface area contributed by atoms with Gasteiger partial charge in [-0.3, -0.25) is 9.78 Å². The number of benzene rings is 1. The van der Waals surface area contributed by atoms with Crippen molar-refractivity contribution in [3.63, 3.8) is 0 Å². The van der Waals surface area contributed by atoms with Gasteiger partial charge in [-0.2, -0.15) is 0 Å². The van der Waals surface area contributed by atoms with E-state index < -0.39 is 0 Å². The lowest BCUT2D eigenvalue weighted by molar-refractivity contribution is -0.120. The molecule has 1 aromatic carbocycles. The molecule has 3 aromatic rings. The summed E-state index contributed by atoms with van der Waals surface area (Å²) < 4.78 is 0. The van der Waals surface area contributed by atoms with Crippen molar-refractivity contribution < 1.29 is 4.79 Å². The minimum atomic E-state index is -0.0104. The zero-order valence-electron chi connectivity index (χ0n) is 15.2. The summed E-state index contributed by atoms with van der Waals surface area (Å²) in [5.74, 6) is 1.76. The van der Waals surface area contributed by atoms with Crippen molar-refractivity contribution in [2.24, 2.45) is 5.92 Å². The van der Waals surface area contributed by atoms with Gasteiger partial charge in [-0.1, -0.05) is 41.7 Å². The van der Waals surface area contributed by atoms with Crippen LogP contribution in [0.4, 0.5) is 10.9 Å². The molecule has 0 unspecified atom stereocenters. The van der Waals surface area contributed by atoms with Crippen molar-refractivity contribution in [2.45, 2.75) is 23.6 Å². The van der Waals surface area contributed by atoms with Crippen LogP contribution in [0.15, 0.2) is 53.3 Å². The second kappa shape index (κ2) is 9.11. The predicted molar refractivity (Wildman–Crippen MR) is 112 cm³/mol. The second-order valence-electron chi connectivity index (χ2n) is 6.48. The quantitative estimate of drug-likeness (QED) is 0.621. The van der Waals surface area contributed by atoms with Crippen LogP contribution in [-0.2, 0) is 10.5 Å². The maximum Gasteiger partial charge on any atom is 0.229 e.